The van der Waals surface area contributed by atoms with Gasteiger partial charge in [-0.1, -0.05) is 0 Å². The molecule has 0 aromatic carbocycles. The molecule has 1 saturated carbocycles. The number of piperazine rings is 1. The van der Waals surface area contributed by atoms with Crippen LogP contribution in [0.5, 0.6) is 0 Å². The monoisotopic (exact) mass is 260 g/mol. The summed E-state index contributed by atoms with van der Waals surface area (Å²) in [5.41, 5.74) is 6.16. The van der Waals surface area contributed by atoms with Gasteiger partial charge in [0.25, 0.3) is 5.91 Å². The molecule has 0 unspecified atom stereocenters. The Balaban J connectivity index is 1.55. The van der Waals surface area contributed by atoms with Gasteiger partial charge < -0.3 is 10.6 Å². The number of hydrogen-bond donors (Lipinski definition) is 1. The van der Waals surface area contributed by atoms with E-state index >= 15 is 0 Å². The van der Waals surface area contributed by atoms with Crippen LogP contribution in [0, 0.1) is 5.92 Å². The van der Waals surface area contributed by atoms with Crippen molar-refractivity contribution in [3.8, 4) is 0 Å². The van der Waals surface area contributed by atoms with Gasteiger partial charge in [0.05, 0.1) is 5.56 Å². The maximum Gasteiger partial charge on any atom is 0.255 e. The summed E-state index contributed by atoms with van der Waals surface area (Å²) in [4.78, 5) is 20.6. The van der Waals surface area contributed by atoms with Gasteiger partial charge in [-0.25, -0.2) is 4.98 Å². The van der Waals surface area contributed by atoms with E-state index in [1.165, 1.54) is 19.4 Å². The molecule has 5 nitrogen and oxygen atoms in total. The van der Waals surface area contributed by atoms with E-state index in [1.807, 2.05) is 4.90 Å². The molecule has 1 aliphatic heterocycles. The minimum atomic E-state index is 0.0681. The van der Waals surface area contributed by atoms with E-state index in [2.05, 4.69) is 9.88 Å². The smallest absolute Gasteiger partial charge is 0.255 e. The van der Waals surface area contributed by atoms with Gasteiger partial charge in [-0.05, 0) is 30.9 Å². The molecule has 0 atom stereocenters. The lowest BCUT2D eigenvalue weighted by Crippen LogP contribution is -2.49. The molecule has 102 valence electrons. The van der Waals surface area contributed by atoms with Crippen LogP contribution in [0.15, 0.2) is 18.3 Å². The van der Waals surface area contributed by atoms with Gasteiger partial charge >= 0.3 is 0 Å². The second-order valence-electron chi connectivity index (χ2n) is 5.51. The van der Waals surface area contributed by atoms with Gasteiger partial charge in [0.15, 0.2) is 0 Å². The third-order valence-corrected chi connectivity index (χ3v) is 3.91. The summed E-state index contributed by atoms with van der Waals surface area (Å²) in [6, 6.07) is 3.43. The van der Waals surface area contributed by atoms with Gasteiger partial charge in [-0.2, -0.15) is 0 Å². The lowest BCUT2D eigenvalue weighted by atomic mass is 10.2. The molecule has 2 heterocycles. The molecular weight excluding hydrogens is 240 g/mol. The van der Waals surface area contributed by atoms with Gasteiger partial charge in [-0.3, -0.25) is 9.69 Å². The first-order valence-corrected chi connectivity index (χ1v) is 6.95. The average Bonchev–Trinajstić information content (AvgIpc) is 3.24. The normalized spacial score (nSPS) is 20.5. The second kappa shape index (κ2) is 5.17. The van der Waals surface area contributed by atoms with Crippen LogP contribution in [0.1, 0.15) is 23.2 Å². The summed E-state index contributed by atoms with van der Waals surface area (Å²) >= 11 is 0. The summed E-state index contributed by atoms with van der Waals surface area (Å²) in [6.07, 6.45) is 4.33. The van der Waals surface area contributed by atoms with E-state index in [9.17, 15) is 4.79 Å². The van der Waals surface area contributed by atoms with E-state index < -0.39 is 0 Å². The second-order valence-corrected chi connectivity index (χ2v) is 5.51. The number of nitrogens with two attached hydrogens (primary N) is 1. The van der Waals surface area contributed by atoms with Crippen LogP contribution in [-0.2, 0) is 0 Å². The van der Waals surface area contributed by atoms with Crippen molar-refractivity contribution in [1.29, 1.82) is 0 Å². The van der Waals surface area contributed by atoms with Gasteiger partial charge in [0.1, 0.15) is 5.82 Å². The molecule has 0 radical (unpaired) electrons. The molecule has 0 bridgehead atoms. The Morgan fingerprint density at radius 1 is 1.26 bits per heavy atom. The Labute approximate surface area is 113 Å². The Bertz CT molecular complexity index is 447. The number of nitrogen functional groups attached to an aromatic ring is 1. The topological polar surface area (TPSA) is 62.5 Å². The molecule has 1 aromatic heterocycles. The molecule has 1 aromatic rings. The highest BCUT2D eigenvalue weighted by molar-refractivity contribution is 5.94. The van der Waals surface area contributed by atoms with Crippen LogP contribution >= 0.6 is 0 Å². The van der Waals surface area contributed by atoms with Crippen LogP contribution in [0.3, 0.4) is 0 Å². The number of rotatable bonds is 3. The summed E-state index contributed by atoms with van der Waals surface area (Å²) in [7, 11) is 0. The molecule has 1 amide bonds. The Morgan fingerprint density at radius 2 is 2.00 bits per heavy atom. The predicted octanol–water partition coefficient (Wildman–Crippen LogP) is 0.832. The lowest BCUT2D eigenvalue weighted by Gasteiger charge is -2.34. The molecule has 2 fully saturated rings. The molecular formula is C14H20N4O. The van der Waals surface area contributed by atoms with Crippen LogP contribution in [0.25, 0.3) is 0 Å². The maximum atomic E-state index is 12.3. The quantitative estimate of drug-likeness (QED) is 0.874. The first-order valence-electron chi connectivity index (χ1n) is 6.95. The van der Waals surface area contributed by atoms with Crippen molar-refractivity contribution in [1.82, 2.24) is 14.8 Å². The standard InChI is InChI=1S/C14H20N4O/c15-13-4-3-12(9-16-13)14(19)18-7-5-17(6-8-18)10-11-1-2-11/h3-4,9,11H,1-2,5-8,10H2,(H2,15,16). The minimum Gasteiger partial charge on any atom is -0.384 e. The fraction of sp³-hybridized carbons (Fsp3) is 0.571. The number of hydrogen-bond acceptors (Lipinski definition) is 4. The van der Waals surface area contributed by atoms with E-state index in [0.717, 1.165) is 32.1 Å². The van der Waals surface area contributed by atoms with Crippen LogP contribution in [0.2, 0.25) is 0 Å². The third kappa shape index (κ3) is 3.04. The average molecular weight is 260 g/mol. The van der Waals surface area contributed by atoms with Crippen molar-refractivity contribution >= 4 is 11.7 Å². The summed E-state index contributed by atoms with van der Waals surface area (Å²) < 4.78 is 0. The lowest BCUT2D eigenvalue weighted by molar-refractivity contribution is 0.0631. The van der Waals surface area contributed by atoms with Gasteiger partial charge in [0, 0.05) is 38.9 Å². The van der Waals surface area contributed by atoms with Gasteiger partial charge in [0.2, 0.25) is 0 Å². The highest BCUT2D eigenvalue weighted by Gasteiger charge is 2.27. The van der Waals surface area contributed by atoms with E-state index in [1.54, 1.807) is 18.3 Å². The fourth-order valence-corrected chi connectivity index (χ4v) is 2.51. The van der Waals surface area contributed by atoms with E-state index in [4.69, 9.17) is 5.73 Å². The SMILES string of the molecule is Nc1ccc(C(=O)N2CCN(CC3CC3)CC2)cn1. The largest absolute Gasteiger partial charge is 0.384 e. The molecule has 2 N–H and O–H groups in total. The van der Waals surface area contributed by atoms with Crippen molar-refractivity contribution in [3.05, 3.63) is 23.9 Å². The first-order chi connectivity index (χ1) is 9.22. The van der Waals surface area contributed by atoms with Gasteiger partial charge in [-0.15, -0.1) is 0 Å². The number of nitrogens with zero attached hydrogens (tertiary/aromatic N) is 3. The number of carbonyl (C=O) groups excluding carboxylic acids is 1. The highest BCUT2D eigenvalue weighted by Crippen LogP contribution is 2.29. The zero-order chi connectivity index (χ0) is 13.2. The van der Waals surface area contributed by atoms with Crippen molar-refractivity contribution in [2.24, 2.45) is 5.92 Å². The van der Waals surface area contributed by atoms with Crippen molar-refractivity contribution in [2.75, 3.05) is 38.5 Å². The Kier molecular flexibility index (Phi) is 3.38. The molecule has 3 rings (SSSR count). The molecule has 19 heavy (non-hydrogen) atoms. The molecule has 5 heteroatoms. The number of pyridine rings is 1. The first kappa shape index (κ1) is 12.4. The van der Waals surface area contributed by atoms with Crippen molar-refractivity contribution in [3.63, 3.8) is 0 Å². The molecule has 1 saturated heterocycles. The summed E-state index contributed by atoms with van der Waals surface area (Å²) in [5.74, 6) is 1.44. The van der Waals surface area contributed by atoms with Crippen LogP contribution in [-0.4, -0.2) is 53.4 Å². The van der Waals surface area contributed by atoms with Crippen LogP contribution < -0.4 is 5.73 Å². The predicted molar refractivity (Wildman–Crippen MR) is 73.7 cm³/mol. The number of anilines is 1. The minimum absolute atomic E-state index is 0.0681. The fourth-order valence-electron chi connectivity index (χ4n) is 2.51. The van der Waals surface area contributed by atoms with E-state index in [0.29, 0.717) is 11.4 Å². The highest BCUT2D eigenvalue weighted by atomic mass is 16.2. The van der Waals surface area contributed by atoms with E-state index in [-0.39, 0.29) is 5.91 Å². The molecule has 0 spiro atoms. The zero-order valence-electron chi connectivity index (χ0n) is 11.1. The number of amides is 1. The molecule has 2 aliphatic rings. The third-order valence-electron chi connectivity index (χ3n) is 3.91. The van der Waals surface area contributed by atoms with Crippen molar-refractivity contribution in [2.45, 2.75) is 12.8 Å². The summed E-state index contributed by atoms with van der Waals surface area (Å²) in [6.45, 7) is 4.83. The maximum absolute atomic E-state index is 12.3. The zero-order valence-corrected chi connectivity index (χ0v) is 11.1. The van der Waals surface area contributed by atoms with Crippen LogP contribution in [0.4, 0.5) is 5.82 Å². The van der Waals surface area contributed by atoms with Crippen molar-refractivity contribution < 1.29 is 4.79 Å². The number of aromatic nitrogens is 1. The number of carbonyl (C=O) groups is 1. The Morgan fingerprint density at radius 3 is 2.58 bits per heavy atom. The Hall–Kier alpha value is -1.62. The summed E-state index contributed by atoms with van der Waals surface area (Å²) in [5, 5.41) is 0. The molecule has 1 aliphatic carbocycles.